The van der Waals surface area contributed by atoms with Crippen LogP contribution in [0.1, 0.15) is 18.9 Å². The molecule has 1 aromatic carbocycles. The van der Waals surface area contributed by atoms with Gasteiger partial charge in [0.2, 0.25) is 10.0 Å². The summed E-state index contributed by atoms with van der Waals surface area (Å²) in [6.07, 6.45) is 1.22. The van der Waals surface area contributed by atoms with Gasteiger partial charge in [0, 0.05) is 13.0 Å². The minimum atomic E-state index is -3.86. The second-order valence-electron chi connectivity index (χ2n) is 4.58. The largest absolute Gasteiger partial charge is 0.492 e. The van der Waals surface area contributed by atoms with Crippen LogP contribution in [0.4, 0.5) is 0 Å². The number of nitrogens with zero attached hydrogens (tertiary/aromatic N) is 1. The molecule has 1 N–H and O–H groups in total. The van der Waals surface area contributed by atoms with Crippen molar-refractivity contribution in [1.82, 2.24) is 4.31 Å². The lowest BCUT2D eigenvalue weighted by molar-refractivity contribution is -0.137. The maximum Gasteiger partial charge on any atom is 0.318 e. The molecule has 20 heavy (non-hydrogen) atoms. The first-order chi connectivity index (χ1) is 9.46. The molecule has 6 nitrogen and oxygen atoms in total. The summed E-state index contributed by atoms with van der Waals surface area (Å²) in [6, 6.07) is 4.94. The van der Waals surface area contributed by atoms with E-state index in [0.717, 1.165) is 9.87 Å². The summed E-state index contributed by atoms with van der Waals surface area (Å²) >= 11 is 0. The Bertz CT molecular complexity index is 611. The van der Waals surface area contributed by atoms with Gasteiger partial charge in [0.25, 0.3) is 0 Å². The predicted octanol–water partition coefficient (Wildman–Crippen LogP) is 1.11. The van der Waals surface area contributed by atoms with Crippen LogP contribution in [0, 0.1) is 0 Å². The standard InChI is InChI=1S/C13H17NO5S/c1-2-7-14(9-12(15)16)20(17,18)11-5-3-4-10-6-8-19-13(10)11/h3-5H,2,6-9H2,1H3,(H,15,16). The molecule has 0 spiro atoms. The summed E-state index contributed by atoms with van der Waals surface area (Å²) in [5.74, 6) is -0.811. The van der Waals surface area contributed by atoms with Crippen molar-refractivity contribution in [2.45, 2.75) is 24.7 Å². The average molecular weight is 299 g/mol. The van der Waals surface area contributed by atoms with Crippen molar-refractivity contribution in [3.05, 3.63) is 23.8 Å². The van der Waals surface area contributed by atoms with Gasteiger partial charge < -0.3 is 9.84 Å². The van der Waals surface area contributed by atoms with Crippen LogP contribution >= 0.6 is 0 Å². The van der Waals surface area contributed by atoms with Gasteiger partial charge in [-0.3, -0.25) is 4.79 Å². The van der Waals surface area contributed by atoms with E-state index in [4.69, 9.17) is 9.84 Å². The number of carbonyl (C=O) groups is 1. The van der Waals surface area contributed by atoms with Gasteiger partial charge in [0.15, 0.2) is 0 Å². The van der Waals surface area contributed by atoms with E-state index < -0.39 is 22.5 Å². The van der Waals surface area contributed by atoms with Gasteiger partial charge in [-0.15, -0.1) is 0 Å². The maximum atomic E-state index is 12.6. The lowest BCUT2D eigenvalue weighted by Crippen LogP contribution is -2.36. The van der Waals surface area contributed by atoms with E-state index in [2.05, 4.69) is 0 Å². The van der Waals surface area contributed by atoms with Crippen molar-refractivity contribution in [2.75, 3.05) is 19.7 Å². The maximum absolute atomic E-state index is 12.6. The highest BCUT2D eigenvalue weighted by atomic mass is 32.2. The van der Waals surface area contributed by atoms with E-state index in [1.807, 2.05) is 6.07 Å². The monoisotopic (exact) mass is 299 g/mol. The topological polar surface area (TPSA) is 83.9 Å². The van der Waals surface area contributed by atoms with Crippen molar-refractivity contribution < 1.29 is 23.1 Å². The summed E-state index contributed by atoms with van der Waals surface area (Å²) in [5.41, 5.74) is 0.845. The average Bonchev–Trinajstić information content (AvgIpc) is 2.85. The fourth-order valence-corrected chi connectivity index (χ4v) is 3.87. The van der Waals surface area contributed by atoms with Crippen molar-refractivity contribution >= 4 is 16.0 Å². The lowest BCUT2D eigenvalue weighted by atomic mass is 10.2. The molecule has 0 amide bonds. The highest BCUT2D eigenvalue weighted by molar-refractivity contribution is 7.89. The second kappa shape index (κ2) is 5.80. The third-order valence-corrected chi connectivity index (χ3v) is 4.95. The molecular formula is C13H17NO5S. The number of hydrogen-bond acceptors (Lipinski definition) is 4. The fourth-order valence-electron chi connectivity index (χ4n) is 2.21. The van der Waals surface area contributed by atoms with Crippen molar-refractivity contribution in [2.24, 2.45) is 0 Å². The number of carboxylic acids is 1. The first-order valence-corrected chi connectivity index (χ1v) is 7.87. The number of sulfonamides is 1. The quantitative estimate of drug-likeness (QED) is 0.850. The Morgan fingerprint density at radius 1 is 1.45 bits per heavy atom. The molecule has 110 valence electrons. The highest BCUT2D eigenvalue weighted by Crippen LogP contribution is 2.34. The molecule has 1 aliphatic heterocycles. The van der Waals surface area contributed by atoms with E-state index in [1.165, 1.54) is 6.07 Å². The summed E-state index contributed by atoms with van der Waals surface area (Å²) in [7, 11) is -3.86. The predicted molar refractivity (Wildman–Crippen MR) is 72.3 cm³/mol. The second-order valence-corrected chi connectivity index (χ2v) is 6.48. The molecule has 1 heterocycles. The first-order valence-electron chi connectivity index (χ1n) is 6.43. The number of ether oxygens (including phenoxy) is 1. The van der Waals surface area contributed by atoms with E-state index in [1.54, 1.807) is 13.0 Å². The Morgan fingerprint density at radius 2 is 2.20 bits per heavy atom. The van der Waals surface area contributed by atoms with Crippen LogP contribution in [0.15, 0.2) is 23.1 Å². The van der Waals surface area contributed by atoms with Crippen molar-refractivity contribution in [3.63, 3.8) is 0 Å². The zero-order valence-electron chi connectivity index (χ0n) is 11.2. The number of benzene rings is 1. The molecule has 0 radical (unpaired) electrons. The van der Waals surface area contributed by atoms with Gasteiger partial charge >= 0.3 is 5.97 Å². The lowest BCUT2D eigenvalue weighted by Gasteiger charge is -2.20. The number of rotatable bonds is 6. The molecule has 0 fully saturated rings. The molecule has 1 aromatic rings. The van der Waals surface area contributed by atoms with Gasteiger partial charge in [0.1, 0.15) is 17.2 Å². The Labute approximate surface area is 118 Å². The number of aliphatic carboxylic acids is 1. The highest BCUT2D eigenvalue weighted by Gasteiger charge is 2.31. The van der Waals surface area contributed by atoms with Crippen LogP contribution in [0.3, 0.4) is 0 Å². The zero-order valence-corrected chi connectivity index (χ0v) is 12.0. The van der Waals surface area contributed by atoms with E-state index >= 15 is 0 Å². The van der Waals surface area contributed by atoms with Crippen LogP contribution < -0.4 is 4.74 Å². The number of carboxylic acid groups (broad SMARTS) is 1. The van der Waals surface area contributed by atoms with Gasteiger partial charge in [-0.25, -0.2) is 8.42 Å². The molecule has 0 unspecified atom stereocenters. The van der Waals surface area contributed by atoms with E-state index in [0.29, 0.717) is 25.2 Å². The Morgan fingerprint density at radius 3 is 2.85 bits per heavy atom. The number of fused-ring (bicyclic) bond motifs is 1. The Kier molecular flexibility index (Phi) is 4.29. The number of hydrogen-bond donors (Lipinski definition) is 1. The molecule has 0 aromatic heterocycles. The molecule has 0 atom stereocenters. The molecule has 0 aliphatic carbocycles. The smallest absolute Gasteiger partial charge is 0.318 e. The summed E-state index contributed by atoms with van der Waals surface area (Å²) in [6.45, 7) is 1.88. The molecule has 2 rings (SSSR count). The Balaban J connectivity index is 2.43. The molecule has 0 saturated carbocycles. The van der Waals surface area contributed by atoms with Gasteiger partial charge in [0.05, 0.1) is 6.61 Å². The molecule has 0 saturated heterocycles. The molecule has 7 heteroatoms. The molecule has 0 bridgehead atoms. The molecule has 1 aliphatic rings. The van der Waals surface area contributed by atoms with E-state index in [9.17, 15) is 13.2 Å². The summed E-state index contributed by atoms with van der Waals surface area (Å²) in [5, 5.41) is 8.88. The SMILES string of the molecule is CCCN(CC(=O)O)S(=O)(=O)c1cccc2c1OCC2. The third kappa shape index (κ3) is 2.78. The van der Waals surface area contributed by atoms with Crippen LogP contribution in [-0.4, -0.2) is 43.5 Å². The summed E-state index contributed by atoms with van der Waals surface area (Å²) in [4.78, 5) is 10.9. The minimum absolute atomic E-state index is 0.0576. The van der Waals surface area contributed by atoms with Crippen molar-refractivity contribution in [1.29, 1.82) is 0 Å². The first kappa shape index (κ1) is 14.8. The number of para-hydroxylation sites is 1. The van der Waals surface area contributed by atoms with Crippen LogP contribution in [-0.2, 0) is 21.2 Å². The van der Waals surface area contributed by atoms with Crippen LogP contribution in [0.25, 0.3) is 0 Å². The van der Waals surface area contributed by atoms with E-state index in [-0.39, 0.29) is 11.4 Å². The fraction of sp³-hybridized carbons (Fsp3) is 0.462. The van der Waals surface area contributed by atoms with Gasteiger partial charge in [-0.05, 0) is 18.1 Å². The zero-order chi connectivity index (χ0) is 14.8. The normalized spacial score (nSPS) is 14.1. The third-order valence-electron chi connectivity index (χ3n) is 3.08. The Hall–Kier alpha value is -1.60. The molecular weight excluding hydrogens is 282 g/mol. The summed E-state index contributed by atoms with van der Waals surface area (Å²) < 4.78 is 31.6. The van der Waals surface area contributed by atoms with Gasteiger partial charge in [-0.2, -0.15) is 4.31 Å². The minimum Gasteiger partial charge on any atom is -0.492 e. The van der Waals surface area contributed by atoms with Crippen LogP contribution in [0.5, 0.6) is 5.75 Å². The van der Waals surface area contributed by atoms with Gasteiger partial charge in [-0.1, -0.05) is 19.1 Å². The van der Waals surface area contributed by atoms with Crippen molar-refractivity contribution in [3.8, 4) is 5.75 Å². The van der Waals surface area contributed by atoms with Crippen LogP contribution in [0.2, 0.25) is 0 Å².